The van der Waals surface area contributed by atoms with Crippen LogP contribution in [0.25, 0.3) is 31.8 Å². The highest BCUT2D eigenvalue weighted by molar-refractivity contribution is 7.21. The molecule has 0 amide bonds. The molecular formula is C24H26FN3O3S. The molecule has 2 aromatic carbocycles. The van der Waals surface area contributed by atoms with Crippen LogP contribution < -0.4 is 9.47 Å². The number of aryl methyl sites for hydroxylation is 1. The van der Waals surface area contributed by atoms with Crippen molar-refractivity contribution in [1.82, 2.24) is 15.0 Å². The summed E-state index contributed by atoms with van der Waals surface area (Å²) in [5.41, 5.74) is 3.94. The van der Waals surface area contributed by atoms with Gasteiger partial charge in [0, 0.05) is 37.3 Å². The Morgan fingerprint density at radius 2 is 1.91 bits per heavy atom. The van der Waals surface area contributed by atoms with E-state index in [1.807, 2.05) is 19.1 Å². The van der Waals surface area contributed by atoms with Gasteiger partial charge in [-0.05, 0) is 30.5 Å². The molecule has 0 aliphatic rings. The number of methoxy groups -OCH3 is 1. The number of rotatable bonds is 9. The maximum atomic E-state index is 14.6. The maximum absolute atomic E-state index is 14.6. The Morgan fingerprint density at radius 3 is 2.69 bits per heavy atom. The largest absolute Gasteiger partial charge is 0.490 e. The van der Waals surface area contributed by atoms with E-state index in [0.717, 1.165) is 38.5 Å². The lowest BCUT2D eigenvalue weighted by Crippen LogP contribution is -2.07. The predicted octanol–water partition coefficient (Wildman–Crippen LogP) is 5.80. The molecule has 4 rings (SSSR count). The van der Waals surface area contributed by atoms with Gasteiger partial charge in [-0.1, -0.05) is 13.8 Å². The van der Waals surface area contributed by atoms with Crippen LogP contribution in [0.4, 0.5) is 4.39 Å². The van der Waals surface area contributed by atoms with Gasteiger partial charge in [-0.3, -0.25) is 0 Å². The van der Waals surface area contributed by atoms with E-state index in [0.29, 0.717) is 36.9 Å². The molecule has 8 heteroatoms. The van der Waals surface area contributed by atoms with Gasteiger partial charge >= 0.3 is 0 Å². The number of halogens is 1. The van der Waals surface area contributed by atoms with Crippen molar-refractivity contribution in [2.24, 2.45) is 5.92 Å². The minimum Gasteiger partial charge on any atom is -0.490 e. The second kappa shape index (κ2) is 9.75. The zero-order chi connectivity index (χ0) is 22.7. The molecule has 168 valence electrons. The van der Waals surface area contributed by atoms with Crippen molar-refractivity contribution in [3.05, 3.63) is 41.8 Å². The zero-order valence-electron chi connectivity index (χ0n) is 18.6. The molecular weight excluding hydrogens is 429 g/mol. The first-order chi connectivity index (χ1) is 15.4. The van der Waals surface area contributed by atoms with Gasteiger partial charge in [-0.15, -0.1) is 11.3 Å². The number of hydrogen-bond donors (Lipinski definition) is 0. The number of ether oxygens (including phenoxy) is 3. The Hall–Kier alpha value is -2.84. The monoisotopic (exact) mass is 455 g/mol. The van der Waals surface area contributed by atoms with Crippen LogP contribution in [-0.4, -0.2) is 41.9 Å². The second-order valence-electron chi connectivity index (χ2n) is 8.03. The number of thiazole rings is 1. The predicted molar refractivity (Wildman–Crippen MR) is 125 cm³/mol. The summed E-state index contributed by atoms with van der Waals surface area (Å²) in [6, 6.07) is 7.12. The van der Waals surface area contributed by atoms with Gasteiger partial charge in [0.15, 0.2) is 11.6 Å². The van der Waals surface area contributed by atoms with Gasteiger partial charge < -0.3 is 14.2 Å². The third kappa shape index (κ3) is 4.97. The summed E-state index contributed by atoms with van der Waals surface area (Å²) >= 11 is 1.48. The summed E-state index contributed by atoms with van der Waals surface area (Å²) in [4.78, 5) is 13.7. The normalized spacial score (nSPS) is 11.6. The topological polar surface area (TPSA) is 66.4 Å². The molecule has 0 spiro atoms. The first kappa shape index (κ1) is 22.4. The smallest absolute Gasteiger partial charge is 0.232 e. The first-order valence-electron chi connectivity index (χ1n) is 10.6. The third-order valence-corrected chi connectivity index (χ3v) is 5.84. The van der Waals surface area contributed by atoms with E-state index in [9.17, 15) is 4.39 Å². The van der Waals surface area contributed by atoms with Crippen molar-refractivity contribution in [2.45, 2.75) is 27.2 Å². The number of nitrogens with zero attached hydrogens (tertiary/aromatic N) is 3. The molecule has 4 aromatic rings. The minimum absolute atomic E-state index is 0.232. The van der Waals surface area contributed by atoms with Gasteiger partial charge in [0.2, 0.25) is 5.88 Å². The maximum Gasteiger partial charge on any atom is 0.232 e. The summed E-state index contributed by atoms with van der Waals surface area (Å²) in [5.74, 6) is 0.762. The van der Waals surface area contributed by atoms with Crippen LogP contribution in [0, 0.1) is 18.7 Å². The first-order valence-corrected chi connectivity index (χ1v) is 11.4. The van der Waals surface area contributed by atoms with Crippen LogP contribution in [-0.2, 0) is 4.74 Å². The molecule has 0 radical (unpaired) electrons. The third-order valence-electron chi connectivity index (χ3n) is 4.79. The average Bonchev–Trinajstić information content (AvgIpc) is 3.17. The lowest BCUT2D eigenvalue weighted by atomic mass is 10.1. The van der Waals surface area contributed by atoms with Crippen molar-refractivity contribution >= 4 is 32.6 Å². The lowest BCUT2D eigenvalue weighted by molar-refractivity contribution is 0.0976. The molecule has 0 saturated heterocycles. The van der Waals surface area contributed by atoms with E-state index < -0.39 is 5.82 Å². The van der Waals surface area contributed by atoms with E-state index in [1.165, 1.54) is 17.4 Å². The average molecular weight is 456 g/mol. The van der Waals surface area contributed by atoms with Crippen molar-refractivity contribution in [1.29, 1.82) is 0 Å². The van der Waals surface area contributed by atoms with E-state index in [-0.39, 0.29) is 5.75 Å². The number of fused-ring (bicyclic) bond motifs is 2. The van der Waals surface area contributed by atoms with Crippen LogP contribution in [0.1, 0.15) is 25.8 Å². The highest BCUT2D eigenvalue weighted by Gasteiger charge is 2.16. The van der Waals surface area contributed by atoms with Crippen LogP contribution in [0.3, 0.4) is 0 Å². The lowest BCUT2D eigenvalue weighted by Gasteiger charge is -2.09. The Morgan fingerprint density at radius 1 is 1.06 bits per heavy atom. The van der Waals surface area contributed by atoms with E-state index in [4.69, 9.17) is 14.2 Å². The Bertz CT molecular complexity index is 1240. The Kier molecular flexibility index (Phi) is 6.81. The highest BCUT2D eigenvalue weighted by atomic mass is 32.1. The molecule has 0 atom stereocenters. The van der Waals surface area contributed by atoms with E-state index >= 15 is 0 Å². The van der Waals surface area contributed by atoms with Crippen molar-refractivity contribution in [3.63, 3.8) is 0 Å². The van der Waals surface area contributed by atoms with E-state index in [1.54, 1.807) is 19.4 Å². The molecule has 0 N–H and O–H groups in total. The summed E-state index contributed by atoms with van der Waals surface area (Å²) in [5, 5.41) is 0.756. The van der Waals surface area contributed by atoms with Gasteiger partial charge in [-0.2, -0.15) is 0 Å². The minimum atomic E-state index is -0.420. The molecule has 2 heterocycles. The molecule has 0 fully saturated rings. The number of aromatic nitrogens is 3. The van der Waals surface area contributed by atoms with Crippen molar-refractivity contribution in [3.8, 4) is 22.2 Å². The molecule has 0 unspecified atom stereocenters. The molecule has 0 bridgehead atoms. The summed E-state index contributed by atoms with van der Waals surface area (Å²) in [6.45, 7) is 7.91. The van der Waals surface area contributed by atoms with Crippen molar-refractivity contribution in [2.75, 3.05) is 26.9 Å². The van der Waals surface area contributed by atoms with Gasteiger partial charge in [0.25, 0.3) is 0 Å². The van der Waals surface area contributed by atoms with Crippen molar-refractivity contribution < 1.29 is 18.6 Å². The fourth-order valence-corrected chi connectivity index (χ4v) is 4.32. The molecule has 32 heavy (non-hydrogen) atoms. The van der Waals surface area contributed by atoms with Gasteiger partial charge in [0.1, 0.15) is 5.01 Å². The summed E-state index contributed by atoms with van der Waals surface area (Å²) in [7, 11) is 1.56. The second-order valence-corrected chi connectivity index (χ2v) is 9.06. The standard InChI is InChI=1S/C24H26FN3O3S/c1-14(2)13-30-6-5-7-31-20-11-21-18(10-17(20)25)28-24(32-21)16-8-15(3)9-19-23(16)26-12-22(27-19)29-4/h8-12,14H,5-7,13H2,1-4H3. The summed E-state index contributed by atoms with van der Waals surface area (Å²) < 4.78 is 31.8. The SMILES string of the molecule is COc1cnc2c(-c3nc4cc(F)c(OCCCOCC(C)C)cc4s3)cc(C)cc2n1. The van der Waals surface area contributed by atoms with Crippen LogP contribution in [0.2, 0.25) is 0 Å². The summed E-state index contributed by atoms with van der Waals surface area (Å²) in [6.07, 6.45) is 2.29. The molecule has 0 aliphatic carbocycles. The fraction of sp³-hybridized carbons (Fsp3) is 0.375. The highest BCUT2D eigenvalue weighted by Crippen LogP contribution is 2.37. The van der Waals surface area contributed by atoms with Gasteiger partial charge in [-0.25, -0.2) is 19.3 Å². The molecule has 0 saturated carbocycles. The van der Waals surface area contributed by atoms with Crippen LogP contribution >= 0.6 is 11.3 Å². The number of benzene rings is 2. The molecule has 6 nitrogen and oxygen atoms in total. The fourth-order valence-electron chi connectivity index (χ4n) is 3.33. The zero-order valence-corrected chi connectivity index (χ0v) is 19.5. The Labute approximate surface area is 190 Å². The quantitative estimate of drug-likeness (QED) is 0.297. The molecule has 0 aliphatic heterocycles. The number of hydrogen-bond acceptors (Lipinski definition) is 7. The van der Waals surface area contributed by atoms with E-state index in [2.05, 4.69) is 28.8 Å². The Balaban J connectivity index is 1.58. The molecule has 2 aromatic heterocycles. The van der Waals surface area contributed by atoms with Crippen LogP contribution in [0.5, 0.6) is 11.6 Å². The van der Waals surface area contributed by atoms with Crippen LogP contribution in [0.15, 0.2) is 30.5 Å². The van der Waals surface area contributed by atoms with Gasteiger partial charge in [0.05, 0.1) is 41.2 Å².